The van der Waals surface area contributed by atoms with Crippen molar-refractivity contribution in [2.45, 2.75) is 63.6 Å². The number of Topliss-reactive ketones (excluding diaryl/α,β-unsaturated/α-hetero) is 6. The fourth-order valence-electron chi connectivity index (χ4n) is 2.64. The molecule has 5 N–H and O–H groups in total. The van der Waals surface area contributed by atoms with E-state index in [0.29, 0.717) is 27.7 Å². The van der Waals surface area contributed by atoms with Crippen LogP contribution in [0.2, 0.25) is 0 Å². The summed E-state index contributed by atoms with van der Waals surface area (Å²) < 4.78 is 0. The molecule has 5 atom stereocenters. The van der Waals surface area contributed by atoms with E-state index in [2.05, 4.69) is 0 Å². The highest BCUT2D eigenvalue weighted by Crippen LogP contribution is 2.39. The van der Waals surface area contributed by atoms with Gasteiger partial charge >= 0.3 is 0 Å². The molecule has 0 fully saturated rings. The first-order chi connectivity index (χ1) is 11.9. The molecule has 27 heavy (non-hydrogen) atoms. The minimum absolute atomic E-state index is 0.428. The van der Waals surface area contributed by atoms with Gasteiger partial charge in [-0.05, 0) is 27.7 Å². The number of hydrogen-bond donors (Lipinski definition) is 5. The van der Waals surface area contributed by atoms with Gasteiger partial charge in [-0.3, -0.25) is 28.8 Å². The van der Waals surface area contributed by atoms with Gasteiger partial charge in [-0.2, -0.15) is 0 Å². The highest BCUT2D eigenvalue weighted by molar-refractivity contribution is 6.45. The van der Waals surface area contributed by atoms with Crippen molar-refractivity contribution >= 4 is 34.7 Å². The van der Waals surface area contributed by atoms with Crippen molar-refractivity contribution in [1.82, 2.24) is 0 Å². The molecule has 0 heterocycles. The number of aliphatic hydroxyl groups is 5. The molecule has 0 rings (SSSR count). The van der Waals surface area contributed by atoms with Crippen LogP contribution in [-0.4, -0.2) is 89.2 Å². The Bertz CT molecular complexity index is 709. The summed E-state index contributed by atoms with van der Waals surface area (Å²) in [4.78, 5) is 72.3. The molecule has 152 valence electrons. The van der Waals surface area contributed by atoms with Gasteiger partial charge < -0.3 is 25.5 Å². The Hall–Kier alpha value is -2.18. The Morgan fingerprint density at radius 1 is 0.704 bits per heavy atom. The van der Waals surface area contributed by atoms with E-state index < -0.39 is 63.7 Å². The van der Waals surface area contributed by atoms with Crippen molar-refractivity contribution in [3.63, 3.8) is 0 Å². The van der Waals surface area contributed by atoms with Crippen molar-refractivity contribution in [2.24, 2.45) is 0 Å². The summed E-state index contributed by atoms with van der Waals surface area (Å²) in [7, 11) is 0. The lowest BCUT2D eigenvalue weighted by atomic mass is 9.61. The number of carbonyl (C=O) groups is 6. The fourth-order valence-corrected chi connectivity index (χ4v) is 2.64. The van der Waals surface area contributed by atoms with Crippen LogP contribution in [-0.2, 0) is 28.8 Å². The van der Waals surface area contributed by atoms with E-state index in [1.165, 1.54) is 0 Å². The van der Waals surface area contributed by atoms with E-state index >= 15 is 0 Å². The summed E-state index contributed by atoms with van der Waals surface area (Å²) in [5, 5.41) is 51.1. The molecule has 0 bridgehead atoms. The van der Waals surface area contributed by atoms with E-state index in [0.717, 1.165) is 6.92 Å². The summed E-state index contributed by atoms with van der Waals surface area (Å²) in [6.07, 6.45) is -4.48. The molecule has 0 aromatic heterocycles. The van der Waals surface area contributed by atoms with Crippen LogP contribution in [0.15, 0.2) is 0 Å². The standard InChI is InChI=1S/C16H22O11/c1-6(17)11(22)13(24)15(26,9(4)20)16(27,10(5)21)14(25,8(3)19)12(23)7(2)18/h6,11,17,22,25-27H,1-5H3/t6?,11?,14-,15-,16-/m1/s1. The zero-order valence-corrected chi connectivity index (χ0v) is 15.3. The maximum atomic E-state index is 12.4. The van der Waals surface area contributed by atoms with Gasteiger partial charge in [0.25, 0.3) is 0 Å². The largest absolute Gasteiger partial charge is 0.390 e. The SMILES string of the molecule is CC(=O)C(=O)[C@](O)(C(C)=O)[C@](O)(C(C)=O)[C@@](O)(C(C)=O)C(=O)C(O)C(C)O. The molecule has 2 unspecified atom stereocenters. The Morgan fingerprint density at radius 2 is 1.07 bits per heavy atom. The number of rotatable bonds is 10. The second kappa shape index (κ2) is 7.82. The summed E-state index contributed by atoms with van der Waals surface area (Å²) in [5.74, 6) is -11.0. The summed E-state index contributed by atoms with van der Waals surface area (Å²) >= 11 is 0. The van der Waals surface area contributed by atoms with Gasteiger partial charge in [0.2, 0.25) is 28.4 Å². The Labute approximate surface area is 153 Å². The molecule has 0 aliphatic rings. The molecule has 0 aliphatic heterocycles. The Balaban J connectivity index is 7.29. The molecule has 0 amide bonds. The molecule has 0 spiro atoms. The van der Waals surface area contributed by atoms with E-state index in [1.807, 2.05) is 0 Å². The lowest BCUT2D eigenvalue weighted by molar-refractivity contribution is -0.226. The normalized spacial score (nSPS) is 20.2. The van der Waals surface area contributed by atoms with Crippen LogP contribution >= 0.6 is 0 Å². The van der Waals surface area contributed by atoms with Crippen molar-refractivity contribution in [2.75, 3.05) is 0 Å². The highest BCUT2D eigenvalue weighted by atomic mass is 16.4. The molecular weight excluding hydrogens is 368 g/mol. The first-order valence-electron chi connectivity index (χ1n) is 7.61. The van der Waals surface area contributed by atoms with Crippen LogP contribution in [0.1, 0.15) is 34.6 Å². The van der Waals surface area contributed by atoms with Crippen LogP contribution in [0.25, 0.3) is 0 Å². The second-order valence-corrected chi connectivity index (χ2v) is 6.23. The third-order valence-corrected chi connectivity index (χ3v) is 4.31. The van der Waals surface area contributed by atoms with Gasteiger partial charge in [0, 0.05) is 6.92 Å². The smallest absolute Gasteiger partial charge is 0.240 e. The van der Waals surface area contributed by atoms with Crippen molar-refractivity contribution in [3.8, 4) is 0 Å². The Kier molecular flexibility index (Phi) is 7.19. The highest BCUT2D eigenvalue weighted by Gasteiger charge is 2.76. The van der Waals surface area contributed by atoms with Crippen LogP contribution < -0.4 is 0 Å². The van der Waals surface area contributed by atoms with E-state index in [4.69, 9.17) is 0 Å². The molecule has 11 nitrogen and oxygen atoms in total. The second-order valence-electron chi connectivity index (χ2n) is 6.23. The van der Waals surface area contributed by atoms with Gasteiger partial charge in [0.15, 0.2) is 23.1 Å². The molecule has 0 saturated carbocycles. The quantitative estimate of drug-likeness (QED) is 0.182. The van der Waals surface area contributed by atoms with Crippen LogP contribution in [0.5, 0.6) is 0 Å². The topological polar surface area (TPSA) is 204 Å². The molecule has 0 aromatic rings. The maximum Gasteiger partial charge on any atom is 0.240 e. The van der Waals surface area contributed by atoms with Gasteiger partial charge in [0.05, 0.1) is 6.10 Å². The van der Waals surface area contributed by atoms with E-state index in [-0.39, 0.29) is 0 Å². The fraction of sp³-hybridized carbons (Fsp3) is 0.625. The van der Waals surface area contributed by atoms with Gasteiger partial charge in [0.1, 0.15) is 6.10 Å². The first kappa shape index (κ1) is 24.8. The Morgan fingerprint density at radius 3 is 1.30 bits per heavy atom. The predicted octanol–water partition coefficient (Wildman–Crippen LogP) is -3.58. The number of aliphatic hydroxyl groups excluding tert-OH is 2. The number of carbonyl (C=O) groups excluding carboxylic acids is 6. The minimum atomic E-state index is -4.17. The van der Waals surface area contributed by atoms with Gasteiger partial charge in [-0.15, -0.1) is 0 Å². The summed E-state index contributed by atoms with van der Waals surface area (Å²) in [6.45, 7) is 2.77. The van der Waals surface area contributed by atoms with Crippen molar-refractivity contribution < 1.29 is 54.3 Å². The van der Waals surface area contributed by atoms with Crippen molar-refractivity contribution in [3.05, 3.63) is 0 Å². The third-order valence-electron chi connectivity index (χ3n) is 4.31. The number of ketones is 6. The lowest BCUT2D eigenvalue weighted by Crippen LogP contribution is -2.81. The monoisotopic (exact) mass is 390 g/mol. The van der Waals surface area contributed by atoms with Gasteiger partial charge in [-0.25, -0.2) is 0 Å². The lowest BCUT2D eigenvalue weighted by Gasteiger charge is -2.46. The third kappa shape index (κ3) is 3.39. The van der Waals surface area contributed by atoms with Crippen LogP contribution in [0.3, 0.4) is 0 Å². The predicted molar refractivity (Wildman–Crippen MR) is 85.3 cm³/mol. The van der Waals surface area contributed by atoms with Crippen molar-refractivity contribution in [1.29, 1.82) is 0 Å². The molecular formula is C16H22O11. The average molecular weight is 390 g/mol. The molecule has 0 aromatic carbocycles. The van der Waals surface area contributed by atoms with Crippen LogP contribution in [0, 0.1) is 0 Å². The molecule has 11 heteroatoms. The zero-order chi connectivity index (χ0) is 22.1. The van der Waals surface area contributed by atoms with E-state index in [1.54, 1.807) is 0 Å². The maximum absolute atomic E-state index is 12.4. The molecule has 0 aliphatic carbocycles. The summed E-state index contributed by atoms with van der Waals surface area (Å²) in [6, 6.07) is 0. The first-order valence-corrected chi connectivity index (χ1v) is 7.61. The summed E-state index contributed by atoms with van der Waals surface area (Å²) in [5.41, 5.74) is -12.3. The van der Waals surface area contributed by atoms with E-state index in [9.17, 15) is 54.3 Å². The van der Waals surface area contributed by atoms with Gasteiger partial charge in [-0.1, -0.05) is 0 Å². The molecule has 0 saturated heterocycles. The zero-order valence-electron chi connectivity index (χ0n) is 15.3. The average Bonchev–Trinajstić information content (AvgIpc) is 2.56. The number of hydrogen-bond acceptors (Lipinski definition) is 11. The minimum Gasteiger partial charge on any atom is -0.390 e. The molecule has 0 radical (unpaired) electrons. The van der Waals surface area contributed by atoms with Crippen LogP contribution in [0.4, 0.5) is 0 Å².